The molecule has 310 valence electrons. The number of hydrogen-bond acceptors (Lipinski definition) is 7. The number of para-hydroxylation sites is 3. The van der Waals surface area contributed by atoms with Crippen LogP contribution >= 0.6 is 7.14 Å². The van der Waals surface area contributed by atoms with Crippen molar-refractivity contribution in [2.45, 2.75) is 5.41 Å². The third-order valence-corrected chi connectivity index (χ3v) is 16.6. The molecule has 5 heterocycles. The highest BCUT2D eigenvalue weighted by Crippen LogP contribution is 2.62. The molecule has 0 N–H and O–H groups in total. The summed E-state index contributed by atoms with van der Waals surface area (Å²) in [7, 11) is -3.50. The summed E-state index contributed by atoms with van der Waals surface area (Å²) in [4.78, 5) is 15.4. The molecule has 0 saturated heterocycles. The van der Waals surface area contributed by atoms with Crippen LogP contribution in [-0.4, -0.2) is 15.0 Å². The van der Waals surface area contributed by atoms with Gasteiger partial charge in [0.15, 0.2) is 24.6 Å². The van der Waals surface area contributed by atoms with Crippen molar-refractivity contribution >= 4 is 66.9 Å². The lowest BCUT2D eigenvalue weighted by Gasteiger charge is -2.47. The molecule has 2 atom stereocenters. The highest BCUT2D eigenvalue weighted by atomic mass is 31.2. The molecule has 0 radical (unpaired) electrons. The fraction of sp³-hybridized carbons (Fsp3) is 0.0172. The van der Waals surface area contributed by atoms with Crippen molar-refractivity contribution in [1.82, 2.24) is 15.0 Å². The maximum atomic E-state index is 16.5. The van der Waals surface area contributed by atoms with Crippen LogP contribution in [-0.2, 0) is 9.98 Å². The molecule has 14 rings (SSSR count). The van der Waals surface area contributed by atoms with Gasteiger partial charge in [0.25, 0.3) is 0 Å². The van der Waals surface area contributed by atoms with E-state index in [4.69, 9.17) is 28.5 Å². The Morgan fingerprint density at radius 3 is 1.67 bits per heavy atom. The molecule has 2 aliphatic rings. The van der Waals surface area contributed by atoms with Crippen LogP contribution in [0.15, 0.2) is 215 Å². The zero-order chi connectivity index (χ0) is 43.6. The Hall–Kier alpha value is -8.38. The van der Waals surface area contributed by atoms with E-state index in [0.717, 1.165) is 93.2 Å². The van der Waals surface area contributed by atoms with E-state index in [1.54, 1.807) is 0 Å². The first-order valence-corrected chi connectivity index (χ1v) is 23.6. The maximum absolute atomic E-state index is 16.5. The lowest BCUT2D eigenvalue weighted by atomic mass is 9.63. The van der Waals surface area contributed by atoms with Crippen LogP contribution in [0.2, 0.25) is 0 Å². The summed E-state index contributed by atoms with van der Waals surface area (Å²) in [6.07, 6.45) is 0. The highest BCUT2D eigenvalue weighted by Gasteiger charge is 2.55. The fourth-order valence-electron chi connectivity index (χ4n) is 10.6. The summed E-state index contributed by atoms with van der Waals surface area (Å²) in [6.45, 7) is 0. The Kier molecular flexibility index (Phi) is 7.75. The quantitative estimate of drug-likeness (QED) is 0.163. The van der Waals surface area contributed by atoms with Crippen LogP contribution in [0.5, 0.6) is 11.5 Å². The zero-order valence-electron chi connectivity index (χ0n) is 35.1. The molecule has 0 fully saturated rings. The van der Waals surface area contributed by atoms with Gasteiger partial charge in [0.1, 0.15) is 33.8 Å². The largest absolute Gasteiger partial charge is 0.457 e. The van der Waals surface area contributed by atoms with Gasteiger partial charge in [-0.1, -0.05) is 152 Å². The predicted molar refractivity (Wildman–Crippen MR) is 262 cm³/mol. The molecule has 0 bridgehead atoms. The number of aromatic nitrogens is 3. The predicted octanol–water partition coefficient (Wildman–Crippen LogP) is 13.1. The Labute approximate surface area is 378 Å². The summed E-state index contributed by atoms with van der Waals surface area (Å²) in [5.41, 5.74) is 8.35. The van der Waals surface area contributed by atoms with Gasteiger partial charge in [0.2, 0.25) is 0 Å². The van der Waals surface area contributed by atoms with Gasteiger partial charge in [-0.25, -0.2) is 15.0 Å². The molecular formula is C58H34N3O4P. The second-order valence-electron chi connectivity index (χ2n) is 17.0. The van der Waals surface area contributed by atoms with E-state index >= 15 is 4.57 Å². The monoisotopic (exact) mass is 867 g/mol. The third kappa shape index (κ3) is 5.14. The molecule has 8 heteroatoms. The van der Waals surface area contributed by atoms with Gasteiger partial charge >= 0.3 is 0 Å². The summed E-state index contributed by atoms with van der Waals surface area (Å²) in [5.74, 6) is 2.94. The number of furan rings is 2. The average molecular weight is 868 g/mol. The van der Waals surface area contributed by atoms with Gasteiger partial charge in [-0.3, -0.25) is 0 Å². The smallest absolute Gasteiger partial charge is 0.171 e. The molecule has 2 unspecified atom stereocenters. The minimum atomic E-state index is -3.50. The van der Waals surface area contributed by atoms with Crippen molar-refractivity contribution in [2.24, 2.45) is 0 Å². The van der Waals surface area contributed by atoms with Crippen molar-refractivity contribution < 1.29 is 18.1 Å². The second kappa shape index (κ2) is 13.8. The van der Waals surface area contributed by atoms with Crippen LogP contribution in [0.25, 0.3) is 78.0 Å². The van der Waals surface area contributed by atoms with Crippen LogP contribution < -0.4 is 20.7 Å². The normalized spacial score (nSPS) is 17.1. The Balaban J connectivity index is 1.03. The van der Waals surface area contributed by atoms with E-state index in [-0.39, 0.29) is 0 Å². The number of hydrogen-bond donors (Lipinski definition) is 0. The third-order valence-electron chi connectivity index (χ3n) is 13.5. The molecule has 9 aromatic carbocycles. The molecule has 2 aliphatic heterocycles. The SMILES string of the molecule is O=P1(c2ccccc2)c2ccccc2C2(c3ccccc3Oc3cc(-c4nc(-c5ccccc5)nc(-c5ccc6oc7ccccc7c6c5)n4)ccc32)c2cc3c(cc21)oc1ccccc13. The lowest BCUT2D eigenvalue weighted by Crippen LogP contribution is -2.47. The van der Waals surface area contributed by atoms with Gasteiger partial charge in [-0.05, 0) is 65.7 Å². The van der Waals surface area contributed by atoms with Crippen LogP contribution in [0.1, 0.15) is 22.3 Å². The summed E-state index contributed by atoms with van der Waals surface area (Å²) < 4.78 is 36.3. The maximum Gasteiger partial charge on any atom is 0.171 e. The molecule has 7 nitrogen and oxygen atoms in total. The molecule has 3 aromatic heterocycles. The molecule has 0 amide bonds. The number of ether oxygens (including phenoxy) is 1. The van der Waals surface area contributed by atoms with Gasteiger partial charge in [-0.15, -0.1) is 0 Å². The van der Waals surface area contributed by atoms with Gasteiger partial charge in [-0.2, -0.15) is 0 Å². The van der Waals surface area contributed by atoms with Crippen molar-refractivity contribution in [3.8, 4) is 45.7 Å². The highest BCUT2D eigenvalue weighted by molar-refractivity contribution is 7.85. The van der Waals surface area contributed by atoms with Crippen LogP contribution in [0.4, 0.5) is 0 Å². The first-order chi connectivity index (χ1) is 32.6. The molecule has 0 aliphatic carbocycles. The van der Waals surface area contributed by atoms with E-state index in [2.05, 4.69) is 60.7 Å². The molecule has 66 heavy (non-hydrogen) atoms. The summed E-state index contributed by atoms with van der Waals surface area (Å²) in [5, 5.41) is 6.25. The fourth-order valence-corrected chi connectivity index (χ4v) is 13.7. The molecular weight excluding hydrogens is 834 g/mol. The van der Waals surface area contributed by atoms with Gasteiger partial charge in [0, 0.05) is 65.3 Å². The zero-order valence-corrected chi connectivity index (χ0v) is 35.9. The Morgan fingerprint density at radius 1 is 0.364 bits per heavy atom. The number of benzene rings is 9. The Bertz CT molecular complexity index is 4030. The minimum Gasteiger partial charge on any atom is -0.457 e. The first kappa shape index (κ1) is 37.0. The van der Waals surface area contributed by atoms with E-state index in [9.17, 15) is 0 Å². The van der Waals surface area contributed by atoms with E-state index < -0.39 is 12.6 Å². The Morgan fingerprint density at radius 2 is 0.909 bits per heavy atom. The standard InChI is InChI=1S/C58H34N3O4P/c62-66(38-17-5-2-6-18-38)53-26-14-10-22-45(53)58(46-33-42-40-20-8-12-24-48(40)64-51(42)34-54(46)66)43-21-9-13-25-50(43)65-52-32-37(27-29-44(52)58)57-60-55(35-15-3-1-4-16-35)59-56(61-57)36-28-30-49-41(31-36)39-19-7-11-23-47(39)63-49/h1-34H. The summed E-state index contributed by atoms with van der Waals surface area (Å²) in [6, 6.07) is 69.1. The lowest BCUT2D eigenvalue weighted by molar-refractivity contribution is 0.435. The number of nitrogens with zero attached hydrogens (tertiary/aromatic N) is 3. The van der Waals surface area contributed by atoms with E-state index in [1.165, 1.54) is 0 Å². The van der Waals surface area contributed by atoms with E-state index in [1.807, 2.05) is 146 Å². The second-order valence-corrected chi connectivity index (χ2v) is 19.7. The van der Waals surface area contributed by atoms with E-state index in [0.29, 0.717) is 34.6 Å². The molecule has 12 aromatic rings. The minimum absolute atomic E-state index is 0.500. The topological polar surface area (TPSA) is 91.2 Å². The van der Waals surface area contributed by atoms with Gasteiger partial charge < -0.3 is 18.1 Å². The number of rotatable bonds is 4. The number of fused-ring (bicyclic) bond motifs is 14. The van der Waals surface area contributed by atoms with Gasteiger partial charge in [0.05, 0.1) is 5.41 Å². The average Bonchev–Trinajstić information content (AvgIpc) is 3.95. The van der Waals surface area contributed by atoms with Crippen molar-refractivity contribution in [3.05, 3.63) is 229 Å². The first-order valence-electron chi connectivity index (χ1n) is 21.9. The van der Waals surface area contributed by atoms with Crippen molar-refractivity contribution in [3.63, 3.8) is 0 Å². The van der Waals surface area contributed by atoms with Crippen molar-refractivity contribution in [2.75, 3.05) is 0 Å². The summed E-state index contributed by atoms with van der Waals surface area (Å²) >= 11 is 0. The van der Waals surface area contributed by atoms with Crippen LogP contribution in [0.3, 0.4) is 0 Å². The van der Waals surface area contributed by atoms with Crippen LogP contribution in [0, 0.1) is 0 Å². The molecule has 1 spiro atoms. The molecule has 0 saturated carbocycles. The van der Waals surface area contributed by atoms with Crippen molar-refractivity contribution in [1.29, 1.82) is 0 Å².